The molecule has 2 aromatic rings. The van der Waals surface area contributed by atoms with Crippen LogP contribution in [0.2, 0.25) is 0 Å². The van der Waals surface area contributed by atoms with Gasteiger partial charge in [0.15, 0.2) is 0 Å². The van der Waals surface area contributed by atoms with Crippen LogP contribution in [0.3, 0.4) is 0 Å². The van der Waals surface area contributed by atoms with Crippen molar-refractivity contribution in [2.45, 2.75) is 0 Å². The molecule has 3 nitrogen and oxygen atoms in total. The third-order valence-corrected chi connectivity index (χ3v) is 1.90. The summed E-state index contributed by atoms with van der Waals surface area (Å²) in [6.07, 6.45) is 6.90. The molecule has 0 N–H and O–H groups in total. The van der Waals surface area contributed by atoms with E-state index in [1.807, 2.05) is 11.9 Å². The van der Waals surface area contributed by atoms with E-state index < -0.39 is 0 Å². The summed E-state index contributed by atoms with van der Waals surface area (Å²) in [7, 11) is 1.93. The average molecular weight is 6230 g/mol. The number of hydrogen-bond donors (Lipinski definition) is 0. The van der Waals surface area contributed by atoms with E-state index in [-0.39, 0.29) is 2220 Å². The molecule has 274 valence electrons. The normalized spacial score (nSPS) is 1.67. The first-order valence-corrected chi connectivity index (χ1v) is 4.25. The van der Waals surface area contributed by atoms with E-state index >= 15 is 0 Å². The number of pyridine rings is 2. The second-order valence-corrected chi connectivity index (χ2v) is 2.81. The third-order valence-electron chi connectivity index (χ3n) is 1.90. The fourth-order valence-corrected chi connectivity index (χ4v) is 1.13. The Morgan fingerprint density at radius 2 is 0.268 bits per heavy atom. The van der Waals surface area contributed by atoms with Crippen LogP contribution in [0.5, 0.6) is 0 Å². The molecule has 0 spiro atoms. The number of hydrogen-bond acceptors (Lipinski definition) is 3. The minimum atomic E-state index is 0. The van der Waals surface area contributed by atoms with Crippen molar-refractivity contribution in [3.05, 3.63) is 49.1 Å². The fraction of sp³-hybridized carbons (Fsp3) is 0.0909. The fourth-order valence-electron chi connectivity index (χ4n) is 1.13. The van der Waals surface area contributed by atoms with Gasteiger partial charge in [-0.1, -0.05) is 36.2 Å². The Labute approximate surface area is 2220 Å². The van der Waals surface area contributed by atoms with Gasteiger partial charge in [0.2, 0.25) is 0 Å². The predicted octanol–water partition coefficient (Wildman–Crippen LogP) is 1.67. The Bertz CT molecular complexity index is 400. The zero-order valence-corrected chi connectivity index (χ0v) is 240. The molecule has 0 atom stereocenters. The molecule has 0 fully saturated rings. The van der Waals surface area contributed by atoms with Gasteiger partial charge in [-0.05, 0) is 0 Å². The summed E-state index contributed by atoms with van der Waals surface area (Å²) in [6, 6.07) is 9.72. The van der Waals surface area contributed by atoms with Crippen LogP contribution in [0.15, 0.2) is 36.9 Å². The van der Waals surface area contributed by atoms with E-state index in [9.17, 15) is 0 Å². The molecule has 0 aliphatic rings. The Morgan fingerprint density at radius 3 is 0.329 bits per heavy atom. The van der Waals surface area contributed by atoms with Gasteiger partial charge in [-0.2, -0.15) is 24.3 Å². The summed E-state index contributed by atoms with van der Waals surface area (Å²) in [6.45, 7) is 0. The van der Waals surface area contributed by atoms with Gasteiger partial charge in [-0.15, -0.1) is 0 Å². The molecule has 0 unspecified atom stereocenters. The number of rotatable bonds is 2. The molecule has 2 heterocycles. The zero-order valence-electron chi connectivity index (χ0n) is 47.1. The van der Waals surface area contributed by atoms with Gasteiger partial charge in [-0.25, -0.2) is 0 Å². The van der Waals surface area contributed by atoms with Crippen molar-refractivity contribution < 1.29 is 2220 Å². The molecule has 68 radical (unpaired) electrons. The standard InChI is InChI=1S/C11H9N3.68Y/c1-14(10-4-2-6-12-8-10)11-5-3-7-13-9-11;;;;;;;;;;;;;;;;;;;;;;;;;;;;;;;;;;;;;;;;;;;;;;;;;;;;;;;;;;;;;;;;;;;;/h2-3,6-9H,1H3;;;;;;;;;;;;;;;;;;;;;;;;;;;;;;;;;;;;;;;;;;;;;;;;;;;;;;;;;;;;;;;;;;;;/q-2;;;;;;;;;;;;;;;;;;;;;;;;;;;;;;;;;;;;;;;;;;;;;;;;;;;;;;;;;;;;;;;;;;;;. The average Bonchev–Trinajstić information content (AvgIpc) is 2.30. The first-order chi connectivity index (χ1) is 6.88. The van der Waals surface area contributed by atoms with Crippen molar-refractivity contribution in [3.8, 4) is 0 Å². The van der Waals surface area contributed by atoms with Crippen molar-refractivity contribution in [3.63, 3.8) is 0 Å². The van der Waals surface area contributed by atoms with Gasteiger partial charge >= 0.3 is 0 Å². The van der Waals surface area contributed by atoms with Crippen LogP contribution in [0.4, 0.5) is 11.4 Å². The van der Waals surface area contributed by atoms with Crippen molar-refractivity contribution >= 4 is 11.4 Å². The maximum atomic E-state index is 4.02. The Kier molecular flexibility index (Phi) is 2460. The Hall–Kier alpha value is 73.2. The third kappa shape index (κ3) is 376. The topological polar surface area (TPSA) is 29.0 Å². The van der Waals surface area contributed by atoms with E-state index in [0.717, 1.165) is 11.4 Å². The van der Waals surface area contributed by atoms with Crippen molar-refractivity contribution in [2.24, 2.45) is 0 Å². The molecule has 0 aliphatic carbocycles. The Balaban J connectivity index is -0.000000000509. The van der Waals surface area contributed by atoms with E-state index in [4.69, 9.17) is 0 Å². The Morgan fingerprint density at radius 1 is 0.183 bits per heavy atom. The van der Waals surface area contributed by atoms with Gasteiger partial charge in [-0.3, -0.25) is 0 Å². The monoisotopic (exact) mass is 6230 g/mol. The predicted molar refractivity (Wildman–Crippen MR) is 54.2 cm³/mol. The summed E-state index contributed by atoms with van der Waals surface area (Å²) in [5.41, 5.74) is 1.80. The van der Waals surface area contributed by atoms with Gasteiger partial charge in [0, 0.05) is 2230 Å². The molecule has 0 aliphatic heterocycles. The van der Waals surface area contributed by atoms with E-state index in [1.54, 1.807) is 36.9 Å². The maximum Gasteiger partial charge on any atom is 0.00736 e. The molecular weight excluding hydrogens is 6220 g/mol. The minimum Gasteiger partial charge on any atom is -0.389 e. The molecular formula is C11H9N3Y68-2. The quantitative estimate of drug-likeness (QED) is 0.430. The molecule has 0 saturated heterocycles. The zero-order chi connectivity index (χ0) is 9.80. The minimum absolute atomic E-state index is 0. The summed E-state index contributed by atoms with van der Waals surface area (Å²) in [5, 5.41) is 0. The molecule has 0 amide bonds. The van der Waals surface area contributed by atoms with E-state index in [1.165, 1.54) is 0 Å². The molecule has 82 heavy (non-hydrogen) atoms. The van der Waals surface area contributed by atoms with Gasteiger partial charge in [0.1, 0.15) is 0 Å². The molecule has 0 saturated carbocycles. The van der Waals surface area contributed by atoms with Crippen LogP contribution in [0.1, 0.15) is 0 Å². The van der Waals surface area contributed by atoms with Gasteiger partial charge < -0.3 is 14.9 Å². The van der Waals surface area contributed by atoms with Crippen LogP contribution in [-0.4, -0.2) is 17.0 Å². The smallest absolute Gasteiger partial charge is 0.00736 e. The number of anilines is 2. The maximum absolute atomic E-state index is 4.02. The molecule has 71 heteroatoms. The first kappa shape index (κ1) is 474. The van der Waals surface area contributed by atoms with Crippen molar-refractivity contribution in [2.75, 3.05) is 11.9 Å². The molecule has 2 aromatic heterocycles. The molecule has 2 rings (SSSR count). The van der Waals surface area contributed by atoms with Gasteiger partial charge in [0.05, 0.1) is 0 Å². The first-order valence-electron chi connectivity index (χ1n) is 4.25. The number of nitrogens with zero attached hydrogens (tertiary/aromatic N) is 3. The van der Waals surface area contributed by atoms with Gasteiger partial charge in [0.25, 0.3) is 0 Å². The van der Waals surface area contributed by atoms with Crippen molar-refractivity contribution in [1.29, 1.82) is 0 Å². The second-order valence-electron chi connectivity index (χ2n) is 2.81. The van der Waals surface area contributed by atoms with Crippen LogP contribution < -0.4 is 4.90 Å². The van der Waals surface area contributed by atoms with Crippen LogP contribution in [0.25, 0.3) is 0 Å². The second kappa shape index (κ2) is 426. The van der Waals surface area contributed by atoms with E-state index in [0.29, 0.717) is 0 Å². The number of aromatic nitrogens is 2. The van der Waals surface area contributed by atoms with Crippen molar-refractivity contribution in [1.82, 2.24) is 9.97 Å². The summed E-state index contributed by atoms with van der Waals surface area (Å²) >= 11 is 0. The SMILES string of the molecule is CN(c1[c-]ccnc1)c1[c-]ccnc1.[Y].[Y].[Y].[Y].[Y].[Y].[Y].[Y].[Y].[Y].[Y].[Y].[Y].[Y].[Y].[Y].[Y].[Y].[Y].[Y].[Y].[Y].[Y].[Y].[Y].[Y].[Y].[Y].[Y].[Y].[Y].[Y].[Y].[Y].[Y].[Y].[Y].[Y].[Y].[Y].[Y].[Y].[Y].[Y].[Y].[Y].[Y].[Y].[Y].[Y].[Y].[Y].[Y].[Y].[Y].[Y].[Y].[Y].[Y].[Y].[Y].[Y].[Y].[Y].[Y].[Y].[Y].[Y]. The molecule has 0 bridgehead atoms. The summed E-state index contributed by atoms with van der Waals surface area (Å²) in [4.78, 5) is 9.98. The molecule has 0 aromatic carbocycles. The summed E-state index contributed by atoms with van der Waals surface area (Å²) in [5.74, 6) is 0. The van der Waals surface area contributed by atoms with Crippen LogP contribution in [0, 0.1) is 12.1 Å². The van der Waals surface area contributed by atoms with Crippen LogP contribution >= 0.6 is 0 Å². The largest absolute Gasteiger partial charge is 0.389 e. The summed E-state index contributed by atoms with van der Waals surface area (Å²) < 4.78 is 0. The van der Waals surface area contributed by atoms with E-state index in [2.05, 4.69) is 22.1 Å². The van der Waals surface area contributed by atoms with Crippen LogP contribution in [-0.2, 0) is 2220 Å².